The second-order valence-corrected chi connectivity index (χ2v) is 8.88. The molecule has 7 nitrogen and oxygen atoms in total. The molecule has 0 aromatic heterocycles. The summed E-state index contributed by atoms with van der Waals surface area (Å²) in [6.45, 7) is 0.663. The third-order valence-electron chi connectivity index (χ3n) is 6.66. The Bertz CT molecular complexity index is 1020. The topological polar surface area (TPSA) is 96.5 Å². The monoisotopic (exact) mass is 437 g/mol. The van der Waals surface area contributed by atoms with Crippen molar-refractivity contribution in [3.05, 3.63) is 42.0 Å². The first-order valence-electron chi connectivity index (χ1n) is 11.4. The van der Waals surface area contributed by atoms with Crippen LogP contribution >= 0.6 is 0 Å². The van der Waals surface area contributed by atoms with Gasteiger partial charge in [0.15, 0.2) is 0 Å². The van der Waals surface area contributed by atoms with Crippen molar-refractivity contribution in [3.8, 4) is 5.75 Å². The molecule has 2 aromatic carbocycles. The second kappa shape index (κ2) is 9.59. The minimum absolute atomic E-state index is 0.0198. The first kappa shape index (κ1) is 22.1. The van der Waals surface area contributed by atoms with E-state index in [2.05, 4.69) is 22.0 Å². The SMILES string of the molecule is COc1ccc(C[C@]2(CCC(=O)N[C@H]3CCCCNC3=O)CCC(=O)N2)c2ccccc12. The zero-order chi connectivity index (χ0) is 22.6. The van der Waals surface area contributed by atoms with Gasteiger partial charge < -0.3 is 20.7 Å². The van der Waals surface area contributed by atoms with Gasteiger partial charge in [-0.3, -0.25) is 14.4 Å². The summed E-state index contributed by atoms with van der Waals surface area (Å²) in [6.07, 6.45) is 5.08. The van der Waals surface area contributed by atoms with Crippen LogP contribution in [0.1, 0.15) is 50.5 Å². The molecule has 4 rings (SSSR count). The number of ether oxygens (including phenoxy) is 1. The van der Waals surface area contributed by atoms with E-state index in [1.807, 2.05) is 30.3 Å². The minimum Gasteiger partial charge on any atom is -0.496 e. The summed E-state index contributed by atoms with van der Waals surface area (Å²) in [7, 11) is 1.66. The highest BCUT2D eigenvalue weighted by Crippen LogP contribution is 2.34. The van der Waals surface area contributed by atoms with Crippen molar-refractivity contribution in [2.24, 2.45) is 0 Å². The number of nitrogens with one attached hydrogen (secondary N) is 3. The Hall–Kier alpha value is -3.09. The van der Waals surface area contributed by atoms with E-state index in [0.717, 1.165) is 34.9 Å². The van der Waals surface area contributed by atoms with Gasteiger partial charge in [0.05, 0.1) is 7.11 Å². The summed E-state index contributed by atoms with van der Waals surface area (Å²) in [5.74, 6) is 0.581. The molecule has 2 heterocycles. The van der Waals surface area contributed by atoms with Gasteiger partial charge in [0.25, 0.3) is 0 Å². The number of amides is 3. The number of carbonyl (C=O) groups is 3. The average molecular weight is 438 g/mol. The van der Waals surface area contributed by atoms with Crippen LogP contribution in [-0.2, 0) is 20.8 Å². The number of benzene rings is 2. The third kappa shape index (κ3) is 4.87. The van der Waals surface area contributed by atoms with Gasteiger partial charge >= 0.3 is 0 Å². The molecule has 7 heteroatoms. The number of hydrogen-bond acceptors (Lipinski definition) is 4. The molecule has 2 aliphatic heterocycles. The van der Waals surface area contributed by atoms with E-state index < -0.39 is 11.6 Å². The Balaban J connectivity index is 1.49. The molecule has 2 aliphatic rings. The van der Waals surface area contributed by atoms with Crippen LogP contribution in [0.25, 0.3) is 10.8 Å². The van der Waals surface area contributed by atoms with Gasteiger partial charge in [-0.1, -0.05) is 30.3 Å². The molecule has 0 aliphatic carbocycles. The van der Waals surface area contributed by atoms with E-state index in [1.54, 1.807) is 7.11 Å². The Morgan fingerprint density at radius 2 is 1.97 bits per heavy atom. The number of carbonyl (C=O) groups excluding carboxylic acids is 3. The highest BCUT2D eigenvalue weighted by atomic mass is 16.5. The molecule has 2 aromatic rings. The van der Waals surface area contributed by atoms with Crippen LogP contribution in [0.4, 0.5) is 0 Å². The Kier molecular flexibility index (Phi) is 6.63. The largest absolute Gasteiger partial charge is 0.496 e. The molecule has 2 fully saturated rings. The van der Waals surface area contributed by atoms with Crippen molar-refractivity contribution in [1.29, 1.82) is 0 Å². The molecule has 0 radical (unpaired) electrons. The summed E-state index contributed by atoms with van der Waals surface area (Å²) in [5, 5.41) is 11.0. The predicted octanol–water partition coefficient (Wildman–Crippen LogP) is 2.60. The number of hydrogen-bond donors (Lipinski definition) is 3. The molecule has 0 bridgehead atoms. The Morgan fingerprint density at radius 3 is 2.72 bits per heavy atom. The third-order valence-corrected chi connectivity index (χ3v) is 6.66. The van der Waals surface area contributed by atoms with E-state index in [9.17, 15) is 14.4 Å². The van der Waals surface area contributed by atoms with E-state index in [-0.39, 0.29) is 24.1 Å². The summed E-state index contributed by atoms with van der Waals surface area (Å²) < 4.78 is 5.51. The Labute approximate surface area is 188 Å². The molecule has 0 spiro atoms. The van der Waals surface area contributed by atoms with Crippen LogP contribution in [-0.4, -0.2) is 43.0 Å². The van der Waals surface area contributed by atoms with Gasteiger partial charge in [-0.25, -0.2) is 0 Å². The molecule has 3 amide bonds. The van der Waals surface area contributed by atoms with Crippen LogP contribution in [0.5, 0.6) is 5.75 Å². The quantitative estimate of drug-likeness (QED) is 0.620. The van der Waals surface area contributed by atoms with Crippen LogP contribution in [0.2, 0.25) is 0 Å². The molecule has 2 saturated heterocycles. The van der Waals surface area contributed by atoms with Crippen molar-refractivity contribution in [3.63, 3.8) is 0 Å². The van der Waals surface area contributed by atoms with Crippen molar-refractivity contribution in [1.82, 2.24) is 16.0 Å². The van der Waals surface area contributed by atoms with E-state index in [4.69, 9.17) is 4.74 Å². The maximum atomic E-state index is 12.7. The second-order valence-electron chi connectivity index (χ2n) is 8.88. The normalized spacial score (nSPS) is 23.3. The fourth-order valence-electron chi connectivity index (χ4n) is 4.91. The lowest BCUT2D eigenvalue weighted by Crippen LogP contribution is -2.47. The first-order valence-corrected chi connectivity index (χ1v) is 11.4. The molecule has 170 valence electrons. The van der Waals surface area contributed by atoms with Crippen LogP contribution in [0, 0.1) is 0 Å². The maximum absolute atomic E-state index is 12.7. The number of fused-ring (bicyclic) bond motifs is 1. The predicted molar refractivity (Wildman–Crippen MR) is 122 cm³/mol. The molecule has 0 unspecified atom stereocenters. The van der Waals surface area contributed by atoms with Gasteiger partial charge in [-0.15, -0.1) is 0 Å². The van der Waals surface area contributed by atoms with Crippen molar-refractivity contribution >= 4 is 28.5 Å². The van der Waals surface area contributed by atoms with Crippen LogP contribution in [0.15, 0.2) is 36.4 Å². The standard InChI is InChI=1S/C25H31N3O4/c1-32-21-10-9-17(18-6-2-3-7-19(18)21)16-25(14-12-23(30)28-25)13-11-22(29)27-20-8-4-5-15-26-24(20)31/h2-3,6-7,9-10,20H,4-5,8,11-16H2,1H3,(H,26,31)(H,27,29)(H,28,30)/t20-,25-/m0/s1. The molecular weight excluding hydrogens is 406 g/mol. The highest BCUT2D eigenvalue weighted by molar-refractivity contribution is 5.91. The maximum Gasteiger partial charge on any atom is 0.242 e. The lowest BCUT2D eigenvalue weighted by Gasteiger charge is -2.30. The highest BCUT2D eigenvalue weighted by Gasteiger charge is 2.38. The fourth-order valence-corrected chi connectivity index (χ4v) is 4.91. The smallest absolute Gasteiger partial charge is 0.242 e. The fraction of sp³-hybridized carbons (Fsp3) is 0.480. The number of methoxy groups -OCH3 is 1. The van der Waals surface area contributed by atoms with Crippen LogP contribution < -0.4 is 20.7 Å². The summed E-state index contributed by atoms with van der Waals surface area (Å²) in [6, 6.07) is 11.6. The van der Waals surface area contributed by atoms with Crippen molar-refractivity contribution in [2.45, 2.75) is 62.9 Å². The van der Waals surface area contributed by atoms with E-state index in [0.29, 0.717) is 38.6 Å². The molecule has 0 saturated carbocycles. The van der Waals surface area contributed by atoms with Crippen LogP contribution in [0.3, 0.4) is 0 Å². The lowest BCUT2D eigenvalue weighted by atomic mass is 9.83. The first-order chi connectivity index (χ1) is 15.5. The van der Waals surface area contributed by atoms with Gasteiger partial charge in [-0.05, 0) is 55.5 Å². The molecule has 2 atom stereocenters. The molecular formula is C25H31N3O4. The zero-order valence-corrected chi connectivity index (χ0v) is 18.5. The minimum atomic E-state index is -0.475. The summed E-state index contributed by atoms with van der Waals surface area (Å²) in [5.41, 5.74) is 0.643. The van der Waals surface area contributed by atoms with Gasteiger partial charge in [-0.2, -0.15) is 0 Å². The Morgan fingerprint density at radius 1 is 1.16 bits per heavy atom. The summed E-state index contributed by atoms with van der Waals surface area (Å²) in [4.78, 5) is 37.0. The van der Waals surface area contributed by atoms with E-state index in [1.165, 1.54) is 0 Å². The van der Waals surface area contributed by atoms with Crippen molar-refractivity contribution in [2.75, 3.05) is 13.7 Å². The molecule has 32 heavy (non-hydrogen) atoms. The number of rotatable bonds is 7. The lowest BCUT2D eigenvalue weighted by molar-refractivity contribution is -0.129. The average Bonchev–Trinajstić information content (AvgIpc) is 3.05. The zero-order valence-electron chi connectivity index (χ0n) is 18.5. The molecule has 3 N–H and O–H groups in total. The van der Waals surface area contributed by atoms with Gasteiger partial charge in [0.2, 0.25) is 17.7 Å². The van der Waals surface area contributed by atoms with Gasteiger partial charge in [0.1, 0.15) is 11.8 Å². The van der Waals surface area contributed by atoms with Crippen molar-refractivity contribution < 1.29 is 19.1 Å². The van der Waals surface area contributed by atoms with E-state index >= 15 is 0 Å². The van der Waals surface area contributed by atoms with Gasteiger partial charge in [0, 0.05) is 30.3 Å². The summed E-state index contributed by atoms with van der Waals surface area (Å²) >= 11 is 0.